The highest BCUT2D eigenvalue weighted by atomic mass is 32.1. The van der Waals surface area contributed by atoms with Gasteiger partial charge >= 0.3 is 0 Å². The van der Waals surface area contributed by atoms with Gasteiger partial charge in [0.2, 0.25) is 0 Å². The summed E-state index contributed by atoms with van der Waals surface area (Å²) in [4.78, 5) is 6.16. The van der Waals surface area contributed by atoms with Gasteiger partial charge in [-0.15, -0.1) is 11.3 Å². The summed E-state index contributed by atoms with van der Waals surface area (Å²) in [5, 5.41) is 8.94. The predicted molar refractivity (Wildman–Crippen MR) is 121 cm³/mol. The molecule has 2 heterocycles. The van der Waals surface area contributed by atoms with Crippen LogP contribution in [-0.4, -0.2) is 38.4 Å². The van der Waals surface area contributed by atoms with Gasteiger partial charge in [0.1, 0.15) is 0 Å². The maximum atomic E-state index is 6.05. The molecule has 6 heteroatoms. The van der Waals surface area contributed by atoms with E-state index in [1.807, 2.05) is 0 Å². The van der Waals surface area contributed by atoms with E-state index >= 15 is 0 Å². The van der Waals surface area contributed by atoms with Crippen molar-refractivity contribution < 1.29 is 9.47 Å². The first-order valence-corrected chi connectivity index (χ1v) is 11.4. The molecule has 0 amide bonds. The van der Waals surface area contributed by atoms with Gasteiger partial charge in [-0.25, -0.2) is 4.99 Å². The molecule has 2 N–H and O–H groups in total. The third-order valence-corrected chi connectivity index (χ3v) is 6.12. The second-order valence-electron chi connectivity index (χ2n) is 7.44. The number of hydrogen-bond acceptors (Lipinski definition) is 4. The Labute approximate surface area is 178 Å². The Hall–Kier alpha value is -1.89. The highest BCUT2D eigenvalue weighted by Gasteiger charge is 2.14. The minimum atomic E-state index is 0.320. The fraction of sp³-hybridized carbons (Fsp3) is 0.522. The molecule has 2 aromatic rings. The smallest absolute Gasteiger partial charge is 0.191 e. The topological polar surface area (TPSA) is 54.9 Å². The van der Waals surface area contributed by atoms with Crippen molar-refractivity contribution in [3.63, 3.8) is 0 Å². The van der Waals surface area contributed by atoms with E-state index in [4.69, 9.17) is 14.5 Å². The Balaban J connectivity index is 1.51. The number of hydrogen-bond donors (Lipinski definition) is 2. The Morgan fingerprint density at radius 1 is 1.21 bits per heavy atom. The lowest BCUT2D eigenvalue weighted by atomic mass is 10.1. The molecule has 0 saturated carbocycles. The number of guanidine groups is 1. The van der Waals surface area contributed by atoms with Gasteiger partial charge in [-0.3, -0.25) is 0 Å². The fourth-order valence-electron chi connectivity index (χ4n) is 3.31. The lowest BCUT2D eigenvalue weighted by Crippen LogP contribution is -2.39. The van der Waals surface area contributed by atoms with Gasteiger partial charge < -0.3 is 20.1 Å². The van der Waals surface area contributed by atoms with E-state index < -0.39 is 0 Å². The number of nitrogens with zero attached hydrogens (tertiary/aromatic N) is 1. The van der Waals surface area contributed by atoms with Crippen molar-refractivity contribution in [2.75, 3.05) is 26.3 Å². The van der Waals surface area contributed by atoms with Crippen LogP contribution in [0.2, 0.25) is 0 Å². The van der Waals surface area contributed by atoms with Crippen LogP contribution in [0.4, 0.5) is 0 Å². The minimum Gasteiger partial charge on any atom is -0.381 e. The van der Waals surface area contributed by atoms with Crippen LogP contribution in [0.3, 0.4) is 0 Å². The molecule has 5 nitrogen and oxygen atoms in total. The summed E-state index contributed by atoms with van der Waals surface area (Å²) in [5.74, 6) is 1.32. The van der Waals surface area contributed by atoms with E-state index in [2.05, 4.69) is 66.3 Å². The number of thiophene rings is 1. The van der Waals surface area contributed by atoms with Crippen LogP contribution in [0.1, 0.15) is 48.6 Å². The highest BCUT2D eigenvalue weighted by Crippen LogP contribution is 2.19. The van der Waals surface area contributed by atoms with Gasteiger partial charge in [0, 0.05) is 37.1 Å². The van der Waals surface area contributed by atoms with Crippen LogP contribution in [0.5, 0.6) is 0 Å². The Bertz CT molecular complexity index is 742. The average Bonchev–Trinajstić information content (AvgIpc) is 3.30. The van der Waals surface area contributed by atoms with E-state index in [-0.39, 0.29) is 0 Å². The molecule has 29 heavy (non-hydrogen) atoms. The molecule has 0 bridgehead atoms. The van der Waals surface area contributed by atoms with Gasteiger partial charge in [0.25, 0.3) is 0 Å². The van der Waals surface area contributed by atoms with E-state index in [0.29, 0.717) is 25.2 Å². The zero-order chi connectivity index (χ0) is 20.3. The highest BCUT2D eigenvalue weighted by molar-refractivity contribution is 7.10. The lowest BCUT2D eigenvalue weighted by Gasteiger charge is -2.22. The van der Waals surface area contributed by atoms with Gasteiger partial charge in [-0.1, -0.05) is 37.3 Å². The molecule has 3 rings (SSSR count). The normalized spacial score (nSPS) is 16.6. The molecule has 1 aromatic carbocycles. The largest absolute Gasteiger partial charge is 0.381 e. The summed E-state index contributed by atoms with van der Waals surface area (Å²) >= 11 is 1.80. The first kappa shape index (κ1) is 21.8. The van der Waals surface area contributed by atoms with E-state index in [1.165, 1.54) is 16.0 Å². The third-order valence-electron chi connectivity index (χ3n) is 5.01. The van der Waals surface area contributed by atoms with Crippen LogP contribution in [0.15, 0.2) is 46.8 Å². The zero-order valence-corrected chi connectivity index (χ0v) is 18.3. The monoisotopic (exact) mass is 415 g/mol. The van der Waals surface area contributed by atoms with Crippen molar-refractivity contribution in [2.45, 2.75) is 51.9 Å². The van der Waals surface area contributed by atoms with Crippen LogP contribution in [-0.2, 0) is 22.6 Å². The molecule has 1 aliphatic heterocycles. The molecule has 1 saturated heterocycles. The van der Waals surface area contributed by atoms with Crippen LogP contribution in [0.25, 0.3) is 0 Å². The summed E-state index contributed by atoms with van der Waals surface area (Å²) in [6, 6.07) is 12.8. The van der Waals surface area contributed by atoms with Gasteiger partial charge in [0.05, 0.1) is 19.3 Å². The standard InChI is InChI=1S/C23H33N3O2S/c1-3-24-23(25-15-18(2)22-8-5-13-29-22)26-16-19-6-4-7-20(14-19)17-28-21-9-11-27-12-10-21/h4-8,13-14,18,21H,3,9-12,15-17H2,1-2H3,(H2,24,25,26). The van der Waals surface area contributed by atoms with Crippen LogP contribution in [0, 0.1) is 0 Å². The molecule has 1 unspecified atom stereocenters. The molecular formula is C23H33N3O2S. The Morgan fingerprint density at radius 2 is 2.03 bits per heavy atom. The Kier molecular flexibility index (Phi) is 8.99. The summed E-state index contributed by atoms with van der Waals surface area (Å²) in [6.45, 7) is 8.96. The summed E-state index contributed by atoms with van der Waals surface area (Å²) in [6.07, 6.45) is 2.30. The molecule has 1 aliphatic rings. The molecule has 1 aromatic heterocycles. The van der Waals surface area contributed by atoms with Crippen molar-refractivity contribution in [1.29, 1.82) is 0 Å². The molecule has 1 atom stereocenters. The van der Waals surface area contributed by atoms with Crippen molar-refractivity contribution in [1.82, 2.24) is 10.6 Å². The van der Waals surface area contributed by atoms with E-state index in [1.54, 1.807) is 11.3 Å². The maximum absolute atomic E-state index is 6.05. The second-order valence-corrected chi connectivity index (χ2v) is 8.41. The van der Waals surface area contributed by atoms with Crippen LogP contribution >= 0.6 is 11.3 Å². The van der Waals surface area contributed by atoms with Crippen LogP contribution < -0.4 is 10.6 Å². The van der Waals surface area contributed by atoms with Crippen molar-refractivity contribution >= 4 is 17.3 Å². The maximum Gasteiger partial charge on any atom is 0.191 e. The van der Waals surface area contributed by atoms with E-state index in [9.17, 15) is 0 Å². The number of nitrogens with one attached hydrogen (secondary N) is 2. The fourth-order valence-corrected chi connectivity index (χ4v) is 4.10. The molecule has 0 radical (unpaired) electrons. The zero-order valence-electron chi connectivity index (χ0n) is 17.5. The number of rotatable bonds is 9. The number of aliphatic imine (C=N–C) groups is 1. The minimum absolute atomic E-state index is 0.320. The first-order chi connectivity index (χ1) is 14.2. The SMILES string of the molecule is CCNC(=NCc1cccc(COC2CCOCC2)c1)NCC(C)c1cccs1. The van der Waals surface area contributed by atoms with Crippen molar-refractivity contribution in [3.8, 4) is 0 Å². The summed E-state index contributed by atoms with van der Waals surface area (Å²) in [5.41, 5.74) is 2.40. The number of benzene rings is 1. The number of ether oxygens (including phenoxy) is 2. The molecule has 1 fully saturated rings. The van der Waals surface area contributed by atoms with Gasteiger partial charge in [-0.2, -0.15) is 0 Å². The first-order valence-electron chi connectivity index (χ1n) is 10.6. The second kappa shape index (κ2) is 12.0. The van der Waals surface area contributed by atoms with Crippen molar-refractivity contribution in [3.05, 3.63) is 57.8 Å². The predicted octanol–water partition coefficient (Wildman–Crippen LogP) is 4.30. The molecular weight excluding hydrogens is 382 g/mol. The Morgan fingerprint density at radius 3 is 2.79 bits per heavy atom. The average molecular weight is 416 g/mol. The summed E-state index contributed by atoms with van der Waals surface area (Å²) in [7, 11) is 0. The van der Waals surface area contributed by atoms with Gasteiger partial charge in [0.15, 0.2) is 5.96 Å². The summed E-state index contributed by atoms with van der Waals surface area (Å²) < 4.78 is 11.4. The molecule has 0 aliphatic carbocycles. The van der Waals surface area contributed by atoms with Crippen molar-refractivity contribution in [2.24, 2.45) is 4.99 Å². The lowest BCUT2D eigenvalue weighted by molar-refractivity contribution is -0.0390. The molecule has 0 spiro atoms. The third kappa shape index (κ3) is 7.46. The van der Waals surface area contributed by atoms with E-state index in [0.717, 1.165) is 45.1 Å². The van der Waals surface area contributed by atoms with Gasteiger partial charge in [-0.05, 0) is 42.3 Å². The molecule has 158 valence electrons. The quantitative estimate of drug-likeness (QED) is 0.474.